The number of halogens is 1. The van der Waals surface area contributed by atoms with E-state index in [1.54, 1.807) is 0 Å². The molecular weight excluding hydrogens is 223 g/mol. The van der Waals surface area contributed by atoms with E-state index in [1.165, 1.54) is 12.0 Å². The fourth-order valence-electron chi connectivity index (χ4n) is 2.98. The van der Waals surface area contributed by atoms with E-state index in [-0.39, 0.29) is 12.1 Å². The predicted octanol–water partition coefficient (Wildman–Crippen LogP) is 6.03. The lowest BCUT2D eigenvalue weighted by atomic mass is 9.64. The minimum absolute atomic E-state index is 0.0965. The Morgan fingerprint density at radius 2 is 1.72 bits per heavy atom. The van der Waals surface area contributed by atoms with Gasteiger partial charge in [0.1, 0.15) is 0 Å². The topological polar surface area (TPSA) is 0 Å². The average Bonchev–Trinajstić information content (AvgIpc) is 2.31. The van der Waals surface area contributed by atoms with Gasteiger partial charge in [0.05, 0.1) is 6.67 Å². The molecule has 0 spiro atoms. The maximum Gasteiger partial charge on any atom is 0.0897 e. The molecule has 0 nitrogen and oxygen atoms in total. The maximum atomic E-state index is 12.8. The summed E-state index contributed by atoms with van der Waals surface area (Å²) in [5, 5.41) is 0. The Balaban J connectivity index is 5.04. The molecule has 18 heavy (non-hydrogen) atoms. The summed E-state index contributed by atoms with van der Waals surface area (Å²) in [6, 6.07) is 0. The summed E-state index contributed by atoms with van der Waals surface area (Å²) in [6.45, 7) is 17.5. The monoisotopic (exact) mass is 256 g/mol. The van der Waals surface area contributed by atoms with Crippen LogP contribution in [0.15, 0.2) is 12.2 Å². The molecule has 0 aromatic heterocycles. The summed E-state index contributed by atoms with van der Waals surface area (Å²) >= 11 is 0. The van der Waals surface area contributed by atoms with E-state index in [0.29, 0.717) is 24.2 Å². The Morgan fingerprint density at radius 3 is 2.06 bits per heavy atom. The molecule has 0 bridgehead atoms. The second-order valence-corrected chi connectivity index (χ2v) is 6.61. The lowest BCUT2D eigenvalue weighted by Gasteiger charge is -2.41. The molecule has 0 N–H and O–H groups in total. The molecule has 0 heterocycles. The Morgan fingerprint density at radius 1 is 1.17 bits per heavy atom. The first-order chi connectivity index (χ1) is 8.29. The summed E-state index contributed by atoms with van der Waals surface area (Å²) in [6.07, 6.45) is 4.06. The summed E-state index contributed by atoms with van der Waals surface area (Å²) in [4.78, 5) is 0. The Kier molecular flexibility index (Phi) is 7.82. The predicted molar refractivity (Wildman–Crippen MR) is 80.5 cm³/mol. The van der Waals surface area contributed by atoms with Crippen LogP contribution in [-0.2, 0) is 0 Å². The van der Waals surface area contributed by atoms with E-state index in [1.807, 2.05) is 0 Å². The first-order valence-electron chi connectivity index (χ1n) is 7.54. The Labute approximate surface area is 114 Å². The van der Waals surface area contributed by atoms with Crippen LogP contribution in [0.3, 0.4) is 0 Å². The van der Waals surface area contributed by atoms with Crippen molar-refractivity contribution in [1.29, 1.82) is 0 Å². The third kappa shape index (κ3) is 4.74. The van der Waals surface area contributed by atoms with Crippen LogP contribution in [0.25, 0.3) is 0 Å². The second kappa shape index (κ2) is 7.96. The molecular formula is C17H33F. The maximum absolute atomic E-state index is 12.8. The van der Waals surface area contributed by atoms with Crippen LogP contribution in [-0.4, -0.2) is 6.67 Å². The Bertz CT molecular complexity index is 242. The molecule has 0 aliphatic carbocycles. The van der Waals surface area contributed by atoms with Crippen LogP contribution >= 0.6 is 0 Å². The molecule has 0 amide bonds. The van der Waals surface area contributed by atoms with Crippen molar-refractivity contribution in [1.82, 2.24) is 0 Å². The zero-order valence-corrected chi connectivity index (χ0v) is 13.4. The van der Waals surface area contributed by atoms with Crippen molar-refractivity contribution in [3.05, 3.63) is 12.2 Å². The second-order valence-electron chi connectivity index (χ2n) is 6.61. The molecule has 0 saturated heterocycles. The van der Waals surface area contributed by atoms with Crippen LogP contribution in [0.2, 0.25) is 0 Å². The van der Waals surface area contributed by atoms with Gasteiger partial charge in [-0.05, 0) is 36.0 Å². The van der Waals surface area contributed by atoms with Gasteiger partial charge in [0.25, 0.3) is 0 Å². The first-order valence-corrected chi connectivity index (χ1v) is 7.54. The molecule has 0 radical (unpaired) electrons. The van der Waals surface area contributed by atoms with Crippen molar-refractivity contribution in [2.24, 2.45) is 23.2 Å². The van der Waals surface area contributed by atoms with E-state index >= 15 is 0 Å². The standard InChI is InChI=1S/C17H33F/c1-8-16(10-12-18)17(7,11-9-13(2)3)15(6)14(4)5/h13-14,16H,6,8-12H2,1-5,7H3. The van der Waals surface area contributed by atoms with Gasteiger partial charge in [0.2, 0.25) is 0 Å². The summed E-state index contributed by atoms with van der Waals surface area (Å²) in [5.74, 6) is 1.61. The molecule has 1 heteroatoms. The highest BCUT2D eigenvalue weighted by Crippen LogP contribution is 2.46. The van der Waals surface area contributed by atoms with Crippen LogP contribution in [0, 0.1) is 23.2 Å². The Hall–Kier alpha value is -0.330. The van der Waals surface area contributed by atoms with Gasteiger partial charge in [-0.15, -0.1) is 0 Å². The number of hydrogen-bond donors (Lipinski definition) is 0. The van der Waals surface area contributed by atoms with Crippen molar-refractivity contribution >= 4 is 0 Å². The van der Waals surface area contributed by atoms with Crippen LogP contribution in [0.1, 0.15) is 67.2 Å². The number of allylic oxidation sites excluding steroid dienone is 1. The normalized spacial score (nSPS) is 16.9. The van der Waals surface area contributed by atoms with Crippen LogP contribution in [0.5, 0.6) is 0 Å². The zero-order chi connectivity index (χ0) is 14.3. The zero-order valence-electron chi connectivity index (χ0n) is 13.4. The molecule has 108 valence electrons. The number of rotatable bonds is 9. The first kappa shape index (κ1) is 17.7. The van der Waals surface area contributed by atoms with Crippen molar-refractivity contribution in [3.63, 3.8) is 0 Å². The van der Waals surface area contributed by atoms with Crippen molar-refractivity contribution in [2.75, 3.05) is 6.67 Å². The fraction of sp³-hybridized carbons (Fsp3) is 0.882. The fourth-order valence-corrected chi connectivity index (χ4v) is 2.98. The smallest absolute Gasteiger partial charge is 0.0897 e. The molecule has 0 saturated carbocycles. The molecule has 0 aromatic carbocycles. The van der Waals surface area contributed by atoms with E-state index in [0.717, 1.165) is 12.8 Å². The van der Waals surface area contributed by atoms with Crippen molar-refractivity contribution < 1.29 is 4.39 Å². The molecule has 0 fully saturated rings. The van der Waals surface area contributed by atoms with Crippen LogP contribution in [0.4, 0.5) is 4.39 Å². The minimum Gasteiger partial charge on any atom is -0.251 e. The SMILES string of the molecule is C=C(C(C)C)C(C)(CCC(C)C)C(CC)CCF. The number of alkyl halides is 1. The summed E-state index contributed by atoms with van der Waals surface area (Å²) in [7, 11) is 0. The van der Waals surface area contributed by atoms with Gasteiger partial charge in [0.15, 0.2) is 0 Å². The lowest BCUT2D eigenvalue weighted by Crippen LogP contribution is -2.32. The number of hydrogen-bond acceptors (Lipinski definition) is 0. The van der Waals surface area contributed by atoms with Gasteiger partial charge in [0, 0.05) is 0 Å². The summed E-state index contributed by atoms with van der Waals surface area (Å²) in [5.41, 5.74) is 1.41. The molecule has 0 aromatic rings. The third-order valence-corrected chi connectivity index (χ3v) is 4.52. The molecule has 0 rings (SSSR count). The van der Waals surface area contributed by atoms with Crippen LogP contribution < -0.4 is 0 Å². The largest absolute Gasteiger partial charge is 0.251 e. The van der Waals surface area contributed by atoms with Gasteiger partial charge in [-0.3, -0.25) is 4.39 Å². The average molecular weight is 256 g/mol. The van der Waals surface area contributed by atoms with E-state index in [2.05, 4.69) is 48.1 Å². The molecule has 0 aliphatic heterocycles. The van der Waals surface area contributed by atoms with Crippen molar-refractivity contribution in [2.45, 2.75) is 67.2 Å². The van der Waals surface area contributed by atoms with Crippen molar-refractivity contribution in [3.8, 4) is 0 Å². The van der Waals surface area contributed by atoms with E-state index < -0.39 is 0 Å². The quantitative estimate of drug-likeness (QED) is 0.442. The highest BCUT2D eigenvalue weighted by molar-refractivity contribution is 5.13. The van der Waals surface area contributed by atoms with Gasteiger partial charge in [-0.2, -0.15) is 0 Å². The van der Waals surface area contributed by atoms with E-state index in [4.69, 9.17) is 0 Å². The van der Waals surface area contributed by atoms with Gasteiger partial charge >= 0.3 is 0 Å². The van der Waals surface area contributed by atoms with Gasteiger partial charge in [-0.1, -0.05) is 66.5 Å². The minimum atomic E-state index is -0.207. The van der Waals surface area contributed by atoms with Gasteiger partial charge < -0.3 is 0 Å². The highest BCUT2D eigenvalue weighted by atomic mass is 19.1. The molecule has 0 aliphatic rings. The molecule has 2 unspecified atom stereocenters. The van der Waals surface area contributed by atoms with E-state index in [9.17, 15) is 4.39 Å². The lowest BCUT2D eigenvalue weighted by molar-refractivity contribution is 0.163. The third-order valence-electron chi connectivity index (χ3n) is 4.52. The summed E-state index contributed by atoms with van der Waals surface area (Å²) < 4.78 is 12.8. The highest BCUT2D eigenvalue weighted by Gasteiger charge is 2.36. The van der Waals surface area contributed by atoms with Gasteiger partial charge in [-0.25, -0.2) is 0 Å². The molecule has 2 atom stereocenters.